The first-order valence-electron chi connectivity index (χ1n) is 14.9. The molecule has 3 aromatic rings. The van der Waals surface area contributed by atoms with Gasteiger partial charge in [-0.25, -0.2) is 4.79 Å². The number of carboxylic acids is 1. The topological polar surface area (TPSA) is 114 Å². The van der Waals surface area contributed by atoms with E-state index in [0.29, 0.717) is 23.7 Å². The van der Waals surface area contributed by atoms with Crippen LogP contribution in [-0.4, -0.2) is 41.1 Å². The number of carbonyl (C=O) groups excluding carboxylic acids is 2. The van der Waals surface area contributed by atoms with Crippen molar-refractivity contribution in [1.29, 1.82) is 0 Å². The zero-order valence-corrected chi connectivity index (χ0v) is 25.2. The summed E-state index contributed by atoms with van der Waals surface area (Å²) in [5.41, 5.74) is 1.79. The van der Waals surface area contributed by atoms with Gasteiger partial charge in [0.25, 0.3) is 11.8 Å². The second-order valence-corrected chi connectivity index (χ2v) is 12.2. The normalized spacial score (nSPS) is 15.1. The summed E-state index contributed by atoms with van der Waals surface area (Å²) in [6, 6.07) is 22.2. The van der Waals surface area contributed by atoms with Gasteiger partial charge in [0.1, 0.15) is 24.1 Å². The number of nitrogens with one attached hydrogen (secondary N) is 2. The lowest BCUT2D eigenvalue weighted by molar-refractivity contribution is -0.139. The predicted octanol–water partition coefficient (Wildman–Crippen LogP) is 5.94. The van der Waals surface area contributed by atoms with Crippen LogP contribution < -0.4 is 20.1 Å². The molecule has 1 unspecified atom stereocenters. The van der Waals surface area contributed by atoms with Crippen LogP contribution in [0.2, 0.25) is 0 Å². The number of benzene rings is 3. The Hall–Kier alpha value is -4.33. The third-order valence-corrected chi connectivity index (χ3v) is 8.22. The molecule has 0 bridgehead atoms. The summed E-state index contributed by atoms with van der Waals surface area (Å²) in [5, 5.41) is 15.6. The van der Waals surface area contributed by atoms with Gasteiger partial charge in [-0.05, 0) is 65.8 Å². The van der Waals surface area contributed by atoms with Gasteiger partial charge in [0.05, 0.1) is 0 Å². The molecule has 8 heteroatoms. The second kappa shape index (κ2) is 14.2. The minimum atomic E-state index is -1.13. The quantitative estimate of drug-likeness (QED) is 0.242. The minimum Gasteiger partial charge on any atom is -0.489 e. The van der Waals surface area contributed by atoms with Crippen molar-refractivity contribution in [3.8, 4) is 11.5 Å². The zero-order valence-electron chi connectivity index (χ0n) is 25.2. The Morgan fingerprint density at radius 1 is 0.814 bits per heavy atom. The lowest BCUT2D eigenvalue weighted by Crippen LogP contribution is -2.58. The van der Waals surface area contributed by atoms with E-state index in [2.05, 4.69) is 31.4 Å². The van der Waals surface area contributed by atoms with Crippen molar-refractivity contribution in [2.45, 2.75) is 77.5 Å². The Balaban J connectivity index is 1.27. The molecule has 3 N–H and O–H groups in total. The molecule has 1 atom stereocenters. The van der Waals surface area contributed by atoms with Crippen LogP contribution in [-0.2, 0) is 22.6 Å². The first kappa shape index (κ1) is 31.6. The van der Waals surface area contributed by atoms with Crippen molar-refractivity contribution in [1.82, 2.24) is 10.6 Å². The van der Waals surface area contributed by atoms with E-state index in [1.807, 2.05) is 30.3 Å². The Morgan fingerprint density at radius 3 is 2.02 bits per heavy atom. The standard InChI is InChI=1S/C35H42N2O6/c1-34(2,3)35(20-8-5-9-21-35)37-31(38)24-43-29-18-14-27(15-19-29)32(39)36-30(33(40)41)22-25-12-16-28(17-13-25)42-23-26-10-6-4-7-11-26/h4,6-7,10-19,30H,5,8-9,20-24H2,1-3H3,(H,36,39)(H,37,38)(H,40,41). The van der Waals surface area contributed by atoms with Crippen LogP contribution in [0.3, 0.4) is 0 Å². The Kier molecular flexibility index (Phi) is 10.5. The lowest BCUT2D eigenvalue weighted by atomic mass is 9.65. The number of amides is 2. The fraction of sp³-hybridized carbons (Fsp3) is 0.400. The number of hydrogen-bond acceptors (Lipinski definition) is 5. The van der Waals surface area contributed by atoms with Gasteiger partial charge in [-0.1, -0.05) is 82.5 Å². The van der Waals surface area contributed by atoms with Crippen LogP contribution in [0.4, 0.5) is 0 Å². The van der Waals surface area contributed by atoms with E-state index >= 15 is 0 Å². The van der Waals surface area contributed by atoms with Crippen molar-refractivity contribution in [2.24, 2.45) is 5.41 Å². The summed E-state index contributed by atoms with van der Waals surface area (Å²) in [4.78, 5) is 37.6. The second-order valence-electron chi connectivity index (χ2n) is 12.2. The average molecular weight is 587 g/mol. The highest BCUT2D eigenvalue weighted by Gasteiger charge is 2.43. The van der Waals surface area contributed by atoms with Crippen LogP contribution >= 0.6 is 0 Å². The lowest BCUT2D eigenvalue weighted by Gasteiger charge is -2.48. The summed E-state index contributed by atoms with van der Waals surface area (Å²) >= 11 is 0. The third-order valence-electron chi connectivity index (χ3n) is 8.22. The van der Waals surface area contributed by atoms with Gasteiger partial charge < -0.3 is 25.2 Å². The van der Waals surface area contributed by atoms with Crippen LogP contribution in [0, 0.1) is 5.41 Å². The molecule has 1 aliphatic rings. The maximum absolute atomic E-state index is 12.9. The monoisotopic (exact) mass is 586 g/mol. The Bertz CT molecular complexity index is 1360. The number of rotatable bonds is 12. The van der Waals surface area contributed by atoms with Gasteiger partial charge in [0.15, 0.2) is 6.61 Å². The molecule has 0 spiro atoms. The van der Waals surface area contributed by atoms with Gasteiger partial charge in [0, 0.05) is 17.5 Å². The van der Waals surface area contributed by atoms with E-state index in [-0.39, 0.29) is 29.9 Å². The highest BCUT2D eigenvalue weighted by molar-refractivity contribution is 5.96. The number of ether oxygens (including phenoxy) is 2. The highest BCUT2D eigenvalue weighted by Crippen LogP contribution is 2.41. The average Bonchev–Trinajstić information content (AvgIpc) is 3.00. The highest BCUT2D eigenvalue weighted by atomic mass is 16.5. The van der Waals surface area contributed by atoms with E-state index < -0.39 is 17.9 Å². The maximum atomic E-state index is 12.9. The molecule has 2 amide bonds. The Labute approximate surface area is 253 Å². The number of carboxylic acid groups (broad SMARTS) is 1. The van der Waals surface area contributed by atoms with E-state index in [1.165, 1.54) is 6.42 Å². The van der Waals surface area contributed by atoms with Gasteiger partial charge in [-0.15, -0.1) is 0 Å². The molecule has 0 aliphatic heterocycles. The molecule has 3 aromatic carbocycles. The molecule has 228 valence electrons. The SMILES string of the molecule is CC(C)(C)C1(NC(=O)COc2ccc(C(=O)NC(Cc3ccc(OCc4ccccc4)cc3)C(=O)O)cc2)CCCCC1. The predicted molar refractivity (Wildman–Crippen MR) is 165 cm³/mol. The summed E-state index contributed by atoms with van der Waals surface area (Å²) in [7, 11) is 0. The molecular weight excluding hydrogens is 544 g/mol. The summed E-state index contributed by atoms with van der Waals surface area (Å²) < 4.78 is 11.5. The molecule has 4 rings (SSSR count). The van der Waals surface area contributed by atoms with Crippen molar-refractivity contribution >= 4 is 17.8 Å². The molecular formula is C35H42N2O6. The van der Waals surface area contributed by atoms with Gasteiger partial charge in [-0.3, -0.25) is 9.59 Å². The van der Waals surface area contributed by atoms with E-state index in [0.717, 1.165) is 36.8 Å². The van der Waals surface area contributed by atoms with Crippen LogP contribution in [0.25, 0.3) is 0 Å². The fourth-order valence-corrected chi connectivity index (χ4v) is 5.51. The first-order chi connectivity index (χ1) is 20.5. The first-order valence-corrected chi connectivity index (χ1v) is 14.9. The molecule has 0 saturated heterocycles. The molecule has 1 saturated carbocycles. The molecule has 0 heterocycles. The third kappa shape index (κ3) is 8.83. The molecule has 8 nitrogen and oxygen atoms in total. The van der Waals surface area contributed by atoms with Gasteiger partial charge >= 0.3 is 5.97 Å². The van der Waals surface area contributed by atoms with Crippen molar-refractivity contribution < 1.29 is 29.0 Å². The van der Waals surface area contributed by atoms with E-state index in [4.69, 9.17) is 9.47 Å². The van der Waals surface area contributed by atoms with E-state index in [9.17, 15) is 19.5 Å². The number of aliphatic carboxylic acids is 1. The van der Waals surface area contributed by atoms with Crippen molar-refractivity contribution in [3.63, 3.8) is 0 Å². The summed E-state index contributed by atoms with van der Waals surface area (Å²) in [6.07, 6.45) is 5.42. The molecule has 0 radical (unpaired) electrons. The largest absolute Gasteiger partial charge is 0.489 e. The Morgan fingerprint density at radius 2 is 1.42 bits per heavy atom. The van der Waals surface area contributed by atoms with Gasteiger partial charge in [0.2, 0.25) is 0 Å². The molecule has 1 fully saturated rings. The van der Waals surface area contributed by atoms with Crippen molar-refractivity contribution in [2.75, 3.05) is 6.61 Å². The van der Waals surface area contributed by atoms with E-state index in [1.54, 1.807) is 48.5 Å². The maximum Gasteiger partial charge on any atom is 0.326 e. The summed E-state index contributed by atoms with van der Waals surface area (Å²) in [6.45, 7) is 6.80. The van der Waals surface area contributed by atoms with Crippen LogP contribution in [0.15, 0.2) is 78.9 Å². The van der Waals surface area contributed by atoms with Gasteiger partial charge in [-0.2, -0.15) is 0 Å². The fourth-order valence-electron chi connectivity index (χ4n) is 5.51. The summed E-state index contributed by atoms with van der Waals surface area (Å²) in [5.74, 6) is -0.687. The molecule has 1 aliphatic carbocycles. The number of hydrogen-bond donors (Lipinski definition) is 3. The number of carbonyl (C=O) groups is 3. The van der Waals surface area contributed by atoms with Crippen molar-refractivity contribution in [3.05, 3.63) is 95.6 Å². The van der Waals surface area contributed by atoms with Crippen LogP contribution in [0.1, 0.15) is 74.4 Å². The van der Waals surface area contributed by atoms with Crippen LogP contribution in [0.5, 0.6) is 11.5 Å². The molecule has 43 heavy (non-hydrogen) atoms. The zero-order chi connectivity index (χ0) is 30.9. The minimum absolute atomic E-state index is 0.0632. The molecule has 0 aromatic heterocycles. The smallest absolute Gasteiger partial charge is 0.326 e.